The van der Waals surface area contributed by atoms with Gasteiger partial charge in [0.25, 0.3) is 0 Å². The van der Waals surface area contributed by atoms with Crippen LogP contribution in [0.2, 0.25) is 0 Å². The number of aromatic hydroxyl groups is 1. The average molecular weight is 400 g/mol. The Morgan fingerprint density at radius 2 is 1.70 bits per heavy atom. The Balaban J connectivity index is 1.75. The minimum atomic E-state index is -1.23. The van der Waals surface area contributed by atoms with Crippen LogP contribution in [0.5, 0.6) is 23.0 Å². The number of hydrogen-bond acceptors (Lipinski definition) is 6. The average Bonchev–Trinajstić information content (AvgIpc) is 3.01. The molecule has 0 saturated heterocycles. The molecule has 1 spiro atoms. The van der Waals surface area contributed by atoms with Crippen LogP contribution in [0.4, 0.5) is 0 Å². The van der Waals surface area contributed by atoms with Crippen molar-refractivity contribution in [3.05, 3.63) is 95.1 Å². The van der Waals surface area contributed by atoms with E-state index in [1.54, 1.807) is 43.3 Å². The Kier molecular flexibility index (Phi) is 3.73. The van der Waals surface area contributed by atoms with Crippen molar-refractivity contribution >= 4 is 11.9 Å². The van der Waals surface area contributed by atoms with E-state index >= 15 is 0 Å². The number of carbonyl (C=O) groups is 2. The molecule has 3 aromatic carbocycles. The fourth-order valence-corrected chi connectivity index (χ4v) is 3.90. The molecule has 0 saturated carbocycles. The van der Waals surface area contributed by atoms with Crippen molar-refractivity contribution in [2.75, 3.05) is 0 Å². The first-order chi connectivity index (χ1) is 14.4. The number of carbonyl (C=O) groups excluding carboxylic acids is 2. The number of benzene rings is 3. The summed E-state index contributed by atoms with van der Waals surface area (Å²) in [5, 5.41) is 9.98. The number of esters is 2. The number of phenols is 1. The van der Waals surface area contributed by atoms with Gasteiger partial charge < -0.3 is 19.3 Å². The summed E-state index contributed by atoms with van der Waals surface area (Å²) in [7, 11) is 0. The first-order valence-electron chi connectivity index (χ1n) is 9.26. The zero-order valence-corrected chi connectivity index (χ0v) is 16.0. The van der Waals surface area contributed by atoms with Crippen molar-refractivity contribution in [2.24, 2.45) is 0 Å². The Hall–Kier alpha value is -4.06. The van der Waals surface area contributed by atoms with E-state index in [9.17, 15) is 14.7 Å². The third-order valence-electron chi connectivity index (χ3n) is 5.23. The van der Waals surface area contributed by atoms with Crippen molar-refractivity contribution in [3.63, 3.8) is 0 Å². The van der Waals surface area contributed by atoms with Crippen LogP contribution in [0.15, 0.2) is 72.8 Å². The largest absolute Gasteiger partial charge is 0.508 e. The van der Waals surface area contributed by atoms with Crippen LogP contribution in [0.3, 0.4) is 0 Å². The Bertz CT molecular complexity index is 1260. The van der Waals surface area contributed by atoms with E-state index in [-0.39, 0.29) is 17.1 Å². The third kappa shape index (κ3) is 2.43. The highest BCUT2D eigenvalue weighted by atomic mass is 16.6. The van der Waals surface area contributed by atoms with Gasteiger partial charge in [0.05, 0.1) is 5.56 Å². The lowest BCUT2D eigenvalue weighted by molar-refractivity contribution is -0.130. The Morgan fingerprint density at radius 1 is 1.00 bits per heavy atom. The van der Waals surface area contributed by atoms with E-state index < -0.39 is 17.5 Å². The Morgan fingerprint density at radius 3 is 2.47 bits per heavy atom. The fraction of sp³-hybridized carbons (Fsp3) is 0.0833. The van der Waals surface area contributed by atoms with Gasteiger partial charge in [-0.3, -0.25) is 0 Å². The summed E-state index contributed by atoms with van der Waals surface area (Å²) in [6, 6.07) is 16.7. The van der Waals surface area contributed by atoms with Gasteiger partial charge in [0.15, 0.2) is 5.60 Å². The maximum atomic E-state index is 12.7. The lowest BCUT2D eigenvalue weighted by atomic mass is 9.77. The van der Waals surface area contributed by atoms with Gasteiger partial charge in [0.2, 0.25) is 0 Å². The lowest BCUT2D eigenvalue weighted by Crippen LogP contribution is -2.33. The molecule has 2 heterocycles. The summed E-state index contributed by atoms with van der Waals surface area (Å²) in [6.45, 7) is 5.13. The van der Waals surface area contributed by atoms with Gasteiger partial charge in [-0.05, 0) is 37.3 Å². The number of rotatable bonds is 2. The molecule has 0 aromatic heterocycles. The van der Waals surface area contributed by atoms with Gasteiger partial charge in [-0.25, -0.2) is 9.59 Å². The number of fused-ring (bicyclic) bond motifs is 6. The standard InChI is InChI=1S/C24H16O6/c1-13(2)22(26)28-15-8-10-19-21(12-15)29-20-11-14(25)7-9-18(20)24(19)17-6-4-3-5-16(17)23(27)30-24/h3-12,25H,1H2,2H3. The molecule has 5 rings (SSSR count). The second-order valence-corrected chi connectivity index (χ2v) is 7.23. The van der Waals surface area contributed by atoms with E-state index in [1.807, 2.05) is 12.1 Å². The first-order valence-corrected chi connectivity index (χ1v) is 9.26. The summed E-state index contributed by atoms with van der Waals surface area (Å²) >= 11 is 0. The van der Waals surface area contributed by atoms with Crippen molar-refractivity contribution in [1.82, 2.24) is 0 Å². The number of hydrogen-bond donors (Lipinski definition) is 1. The van der Waals surface area contributed by atoms with Crippen LogP contribution in [0.25, 0.3) is 0 Å². The summed E-state index contributed by atoms with van der Waals surface area (Å²) < 4.78 is 17.3. The van der Waals surface area contributed by atoms with Gasteiger partial charge in [-0.1, -0.05) is 24.8 Å². The highest BCUT2D eigenvalue weighted by Gasteiger charge is 2.53. The van der Waals surface area contributed by atoms with Crippen LogP contribution in [0.1, 0.15) is 34.0 Å². The molecule has 0 aliphatic carbocycles. The van der Waals surface area contributed by atoms with Gasteiger partial charge in [-0.2, -0.15) is 0 Å². The Labute approximate surface area is 171 Å². The van der Waals surface area contributed by atoms with Crippen LogP contribution in [-0.2, 0) is 15.1 Å². The second-order valence-electron chi connectivity index (χ2n) is 7.23. The van der Waals surface area contributed by atoms with Crippen molar-refractivity contribution in [3.8, 4) is 23.0 Å². The molecule has 3 aromatic rings. The molecule has 0 radical (unpaired) electrons. The lowest BCUT2D eigenvalue weighted by Gasteiger charge is -2.36. The predicted octanol–water partition coefficient (Wildman–Crippen LogP) is 4.44. The molecule has 148 valence electrons. The summed E-state index contributed by atoms with van der Waals surface area (Å²) in [6.07, 6.45) is 0. The molecular formula is C24H16O6. The van der Waals surface area contributed by atoms with Gasteiger partial charge >= 0.3 is 11.9 Å². The number of ether oxygens (including phenoxy) is 3. The molecule has 1 atom stereocenters. The third-order valence-corrected chi connectivity index (χ3v) is 5.23. The summed E-state index contributed by atoms with van der Waals surface area (Å²) in [5.74, 6) is -0.0423. The predicted molar refractivity (Wildman–Crippen MR) is 107 cm³/mol. The molecule has 6 nitrogen and oxygen atoms in total. The maximum absolute atomic E-state index is 12.7. The van der Waals surface area contributed by atoms with Crippen LogP contribution in [0, 0.1) is 0 Å². The number of phenolic OH excluding ortho intramolecular Hbond substituents is 1. The van der Waals surface area contributed by atoms with E-state index in [0.717, 1.165) is 0 Å². The first kappa shape index (κ1) is 18.0. The van der Waals surface area contributed by atoms with Gasteiger partial charge in [-0.15, -0.1) is 0 Å². The SMILES string of the molecule is C=C(C)C(=O)Oc1ccc2c(c1)Oc1cc(O)ccc1C21OC(=O)c2ccccc21. The smallest absolute Gasteiger partial charge is 0.340 e. The molecule has 30 heavy (non-hydrogen) atoms. The van der Waals surface area contributed by atoms with Gasteiger partial charge in [0, 0.05) is 34.4 Å². The highest BCUT2D eigenvalue weighted by Crippen LogP contribution is 2.56. The van der Waals surface area contributed by atoms with Crippen LogP contribution >= 0.6 is 0 Å². The minimum absolute atomic E-state index is 0.00910. The molecule has 2 aliphatic rings. The minimum Gasteiger partial charge on any atom is -0.508 e. The molecule has 0 amide bonds. The van der Waals surface area contributed by atoms with E-state index in [1.165, 1.54) is 12.1 Å². The highest BCUT2D eigenvalue weighted by molar-refractivity contribution is 5.97. The normalized spacial score (nSPS) is 18.0. The van der Waals surface area contributed by atoms with Crippen LogP contribution in [-0.4, -0.2) is 17.0 Å². The van der Waals surface area contributed by atoms with Gasteiger partial charge in [0.1, 0.15) is 23.0 Å². The molecule has 6 heteroatoms. The zero-order chi connectivity index (χ0) is 21.0. The van der Waals surface area contributed by atoms with Crippen molar-refractivity contribution in [1.29, 1.82) is 0 Å². The quantitative estimate of drug-likeness (QED) is 0.389. The molecular weight excluding hydrogens is 384 g/mol. The van der Waals surface area contributed by atoms with E-state index in [4.69, 9.17) is 14.2 Å². The van der Waals surface area contributed by atoms with Crippen LogP contribution < -0.4 is 9.47 Å². The topological polar surface area (TPSA) is 82.1 Å². The molecule has 2 aliphatic heterocycles. The van der Waals surface area contributed by atoms with E-state index in [2.05, 4.69) is 6.58 Å². The van der Waals surface area contributed by atoms with Crippen molar-refractivity contribution < 1.29 is 28.9 Å². The molecule has 1 N–H and O–H groups in total. The maximum Gasteiger partial charge on any atom is 0.340 e. The fourth-order valence-electron chi connectivity index (χ4n) is 3.90. The van der Waals surface area contributed by atoms with E-state index in [0.29, 0.717) is 33.8 Å². The molecule has 1 unspecified atom stereocenters. The second kappa shape index (κ2) is 6.22. The summed E-state index contributed by atoms with van der Waals surface area (Å²) in [5.41, 5.74) is 1.35. The molecule has 0 bridgehead atoms. The summed E-state index contributed by atoms with van der Waals surface area (Å²) in [4.78, 5) is 24.6. The zero-order valence-electron chi connectivity index (χ0n) is 16.0. The van der Waals surface area contributed by atoms with Crippen molar-refractivity contribution in [2.45, 2.75) is 12.5 Å². The molecule has 0 fully saturated rings. The monoisotopic (exact) mass is 400 g/mol.